The quantitative estimate of drug-likeness (QED) is 0.493. The standard InChI is InChI=1S/C27H26ClN5O2/c1-29-27(10-11-27)19-6-4-18(5-7-19)24-21-16-20(28)8-9-23(21)30-17-22(24)25(34)32-12-14-33(15-13-32)26(35)31(2)3/h4-9,16-17H,10-15H2,2-3H3. The van der Waals surface area contributed by atoms with Gasteiger partial charge in [0.15, 0.2) is 0 Å². The lowest BCUT2D eigenvalue weighted by atomic mass is 9.93. The smallest absolute Gasteiger partial charge is 0.319 e. The lowest BCUT2D eigenvalue weighted by molar-refractivity contribution is 0.0651. The Labute approximate surface area is 209 Å². The summed E-state index contributed by atoms with van der Waals surface area (Å²) in [6, 6.07) is 13.4. The first kappa shape index (κ1) is 23.1. The van der Waals surface area contributed by atoms with Crippen molar-refractivity contribution < 1.29 is 9.59 Å². The minimum Gasteiger partial charge on any atom is -0.335 e. The van der Waals surface area contributed by atoms with Crippen molar-refractivity contribution in [1.29, 1.82) is 0 Å². The van der Waals surface area contributed by atoms with Crippen molar-refractivity contribution in [2.45, 2.75) is 18.4 Å². The van der Waals surface area contributed by atoms with E-state index in [1.54, 1.807) is 41.1 Å². The van der Waals surface area contributed by atoms with Crippen LogP contribution in [0, 0.1) is 6.57 Å². The van der Waals surface area contributed by atoms with E-state index in [1.807, 2.05) is 36.4 Å². The molecule has 0 radical (unpaired) electrons. The van der Waals surface area contributed by atoms with Crippen LogP contribution >= 0.6 is 11.6 Å². The Morgan fingerprint density at radius 2 is 1.69 bits per heavy atom. The molecule has 1 aromatic heterocycles. The maximum atomic E-state index is 13.7. The molecule has 0 N–H and O–H groups in total. The maximum absolute atomic E-state index is 13.7. The van der Waals surface area contributed by atoms with Gasteiger partial charge in [-0.3, -0.25) is 9.78 Å². The van der Waals surface area contributed by atoms with Gasteiger partial charge in [-0.1, -0.05) is 35.9 Å². The zero-order valence-electron chi connectivity index (χ0n) is 19.8. The van der Waals surface area contributed by atoms with E-state index in [9.17, 15) is 9.59 Å². The summed E-state index contributed by atoms with van der Waals surface area (Å²) < 4.78 is 0. The third kappa shape index (κ3) is 4.19. The molecule has 0 unspecified atom stereocenters. The topological polar surface area (TPSA) is 61.1 Å². The monoisotopic (exact) mass is 487 g/mol. The molecule has 0 atom stereocenters. The molecular weight excluding hydrogens is 462 g/mol. The van der Waals surface area contributed by atoms with E-state index in [-0.39, 0.29) is 17.5 Å². The van der Waals surface area contributed by atoms with Gasteiger partial charge in [0, 0.05) is 80.8 Å². The van der Waals surface area contributed by atoms with Gasteiger partial charge in [-0.25, -0.2) is 11.4 Å². The fraction of sp³-hybridized carbons (Fsp3) is 0.333. The first-order valence-corrected chi connectivity index (χ1v) is 12.0. The molecule has 0 spiro atoms. The van der Waals surface area contributed by atoms with Crippen LogP contribution < -0.4 is 0 Å². The predicted molar refractivity (Wildman–Crippen MR) is 136 cm³/mol. The largest absolute Gasteiger partial charge is 0.335 e. The fourth-order valence-corrected chi connectivity index (χ4v) is 4.89. The van der Waals surface area contributed by atoms with Crippen LogP contribution in [0.5, 0.6) is 0 Å². The molecule has 2 heterocycles. The number of carbonyl (C=O) groups is 2. The van der Waals surface area contributed by atoms with Crippen LogP contribution in [0.15, 0.2) is 48.7 Å². The molecule has 7 nitrogen and oxygen atoms in total. The molecule has 3 amide bonds. The molecule has 3 aromatic rings. The van der Waals surface area contributed by atoms with E-state index in [0.29, 0.717) is 36.8 Å². The second-order valence-electron chi connectivity index (χ2n) is 9.39. The number of fused-ring (bicyclic) bond motifs is 1. The molecule has 178 valence electrons. The summed E-state index contributed by atoms with van der Waals surface area (Å²) in [5.74, 6) is -0.116. The van der Waals surface area contributed by atoms with Crippen molar-refractivity contribution >= 4 is 34.4 Å². The molecule has 2 fully saturated rings. The van der Waals surface area contributed by atoms with Crippen molar-refractivity contribution in [3.05, 3.63) is 76.2 Å². The number of benzene rings is 2. The molecule has 1 saturated heterocycles. The number of urea groups is 1. The van der Waals surface area contributed by atoms with Crippen LogP contribution in [0.1, 0.15) is 28.8 Å². The summed E-state index contributed by atoms with van der Waals surface area (Å²) >= 11 is 6.34. The zero-order valence-corrected chi connectivity index (χ0v) is 20.5. The second-order valence-corrected chi connectivity index (χ2v) is 9.82. The minimum atomic E-state index is -0.384. The number of pyridine rings is 1. The van der Waals surface area contributed by atoms with Crippen molar-refractivity contribution in [2.24, 2.45) is 0 Å². The number of amides is 3. The lowest BCUT2D eigenvalue weighted by Gasteiger charge is -2.36. The van der Waals surface area contributed by atoms with E-state index in [2.05, 4.69) is 9.83 Å². The van der Waals surface area contributed by atoms with Gasteiger partial charge in [-0.15, -0.1) is 0 Å². The number of piperazine rings is 1. The summed E-state index contributed by atoms with van der Waals surface area (Å²) in [4.78, 5) is 39.5. The molecule has 2 aromatic carbocycles. The molecule has 35 heavy (non-hydrogen) atoms. The Hall–Kier alpha value is -3.63. The van der Waals surface area contributed by atoms with Crippen LogP contribution in [-0.4, -0.2) is 71.9 Å². The molecule has 1 saturated carbocycles. The Morgan fingerprint density at radius 3 is 2.29 bits per heavy atom. The van der Waals surface area contributed by atoms with Gasteiger partial charge in [0.1, 0.15) is 0 Å². The third-order valence-electron chi connectivity index (χ3n) is 6.93. The number of hydrogen-bond acceptors (Lipinski definition) is 3. The summed E-state index contributed by atoms with van der Waals surface area (Å²) in [6.45, 7) is 9.43. The first-order chi connectivity index (χ1) is 16.8. The number of halogens is 1. The second kappa shape index (κ2) is 8.86. The van der Waals surface area contributed by atoms with E-state index in [4.69, 9.17) is 18.2 Å². The van der Waals surface area contributed by atoms with Gasteiger partial charge in [-0.05, 0) is 23.8 Å². The summed E-state index contributed by atoms with van der Waals surface area (Å²) in [5, 5.41) is 1.38. The van der Waals surface area contributed by atoms with Crippen molar-refractivity contribution in [3.8, 4) is 11.1 Å². The average Bonchev–Trinajstić information content (AvgIpc) is 3.68. The summed E-state index contributed by atoms with van der Waals surface area (Å²) in [5.41, 5.74) is 3.56. The summed E-state index contributed by atoms with van der Waals surface area (Å²) in [7, 11) is 3.46. The highest BCUT2D eigenvalue weighted by atomic mass is 35.5. The normalized spacial score (nSPS) is 16.6. The van der Waals surface area contributed by atoms with Crippen molar-refractivity contribution in [1.82, 2.24) is 19.7 Å². The van der Waals surface area contributed by atoms with Crippen LogP contribution in [0.25, 0.3) is 26.9 Å². The van der Waals surface area contributed by atoms with E-state index in [1.165, 1.54) is 0 Å². The van der Waals surface area contributed by atoms with E-state index >= 15 is 0 Å². The highest BCUT2D eigenvalue weighted by molar-refractivity contribution is 6.31. The highest BCUT2D eigenvalue weighted by Crippen LogP contribution is 2.50. The van der Waals surface area contributed by atoms with Gasteiger partial charge in [0.25, 0.3) is 11.4 Å². The molecule has 1 aliphatic carbocycles. The van der Waals surface area contributed by atoms with Gasteiger partial charge >= 0.3 is 6.03 Å². The van der Waals surface area contributed by atoms with Crippen LogP contribution in [0.4, 0.5) is 4.79 Å². The predicted octanol–water partition coefficient (Wildman–Crippen LogP) is 4.90. The van der Waals surface area contributed by atoms with Gasteiger partial charge in [0.2, 0.25) is 0 Å². The number of hydrogen-bond donors (Lipinski definition) is 0. The third-order valence-corrected chi connectivity index (χ3v) is 7.16. The molecule has 2 aliphatic rings. The van der Waals surface area contributed by atoms with Crippen molar-refractivity contribution in [2.75, 3.05) is 40.3 Å². The Bertz CT molecular complexity index is 1350. The first-order valence-electron chi connectivity index (χ1n) is 11.7. The van der Waals surface area contributed by atoms with Gasteiger partial charge in [-0.2, -0.15) is 0 Å². The summed E-state index contributed by atoms with van der Waals surface area (Å²) in [6.07, 6.45) is 3.41. The van der Waals surface area contributed by atoms with Crippen LogP contribution in [-0.2, 0) is 5.54 Å². The van der Waals surface area contributed by atoms with Gasteiger partial charge < -0.3 is 19.5 Å². The molecule has 5 rings (SSSR count). The Balaban J connectivity index is 1.52. The SMILES string of the molecule is [C-]#[N+]C1(c2ccc(-c3c(C(=O)N4CCN(C(=O)N(C)C)CC4)cnc4ccc(Cl)cc34)cc2)CC1. The molecule has 8 heteroatoms. The fourth-order valence-electron chi connectivity index (χ4n) is 4.72. The number of carbonyl (C=O) groups excluding carboxylic acids is 2. The minimum absolute atomic E-state index is 0.0484. The molecular formula is C27H26ClN5O2. The number of nitrogens with zero attached hydrogens (tertiary/aromatic N) is 5. The Kier molecular flexibility index (Phi) is 5.86. The number of rotatable bonds is 3. The zero-order chi connectivity index (χ0) is 24.7. The van der Waals surface area contributed by atoms with E-state index < -0.39 is 0 Å². The van der Waals surface area contributed by atoms with Crippen LogP contribution in [0.3, 0.4) is 0 Å². The molecule has 0 bridgehead atoms. The lowest BCUT2D eigenvalue weighted by Crippen LogP contribution is -2.52. The van der Waals surface area contributed by atoms with Crippen molar-refractivity contribution in [3.63, 3.8) is 0 Å². The average molecular weight is 488 g/mol. The maximum Gasteiger partial charge on any atom is 0.319 e. The highest BCUT2D eigenvalue weighted by Gasteiger charge is 2.52. The number of aromatic nitrogens is 1. The van der Waals surface area contributed by atoms with Crippen LogP contribution in [0.2, 0.25) is 5.02 Å². The van der Waals surface area contributed by atoms with E-state index in [0.717, 1.165) is 40.4 Å². The van der Waals surface area contributed by atoms with Gasteiger partial charge in [0.05, 0.1) is 11.1 Å². The molecule has 1 aliphatic heterocycles. The Morgan fingerprint density at radius 1 is 1.03 bits per heavy atom.